The third-order valence-electron chi connectivity index (χ3n) is 3.47. The van der Waals surface area contributed by atoms with Crippen LogP contribution in [0.2, 0.25) is 0 Å². The number of hydrogen-bond donors (Lipinski definition) is 2. The van der Waals surface area contributed by atoms with Crippen molar-refractivity contribution in [2.24, 2.45) is 5.73 Å². The number of hydrogen-bond acceptors (Lipinski definition) is 4. The largest absolute Gasteiger partial charge is 0.377 e. The molecule has 5 heteroatoms. The normalized spacial score (nSPS) is 11.3. The van der Waals surface area contributed by atoms with Gasteiger partial charge in [0.1, 0.15) is 5.69 Å². The lowest BCUT2D eigenvalue weighted by Crippen LogP contribution is -2.45. The zero-order chi connectivity index (χ0) is 13.8. The van der Waals surface area contributed by atoms with E-state index >= 15 is 0 Å². The number of nitrogens with zero attached hydrogens (tertiary/aromatic N) is 1. The van der Waals surface area contributed by atoms with Gasteiger partial charge in [-0.05, 0) is 25.3 Å². The highest BCUT2D eigenvalue weighted by Gasteiger charge is 2.22. The third-order valence-corrected chi connectivity index (χ3v) is 3.47. The maximum Gasteiger partial charge on any atom is 0.292 e. The second kappa shape index (κ2) is 5.82. The Hall–Kier alpha value is -1.62. The van der Waals surface area contributed by atoms with E-state index in [4.69, 9.17) is 5.73 Å². The molecule has 100 valence electrons. The molecule has 0 atom stereocenters. The average molecular weight is 251 g/mol. The number of rotatable bonds is 6. The Morgan fingerprint density at radius 2 is 2.00 bits per heavy atom. The van der Waals surface area contributed by atoms with Crippen molar-refractivity contribution in [3.63, 3.8) is 0 Å². The highest BCUT2D eigenvalue weighted by atomic mass is 16.6. The van der Waals surface area contributed by atoms with Crippen LogP contribution in [0.5, 0.6) is 0 Å². The highest BCUT2D eigenvalue weighted by Crippen LogP contribution is 2.28. The van der Waals surface area contributed by atoms with Crippen LogP contribution in [-0.4, -0.2) is 17.0 Å². The summed E-state index contributed by atoms with van der Waals surface area (Å²) in [7, 11) is 0. The molecule has 0 saturated carbocycles. The van der Waals surface area contributed by atoms with Crippen molar-refractivity contribution in [2.75, 3.05) is 11.9 Å². The molecule has 1 aromatic carbocycles. The van der Waals surface area contributed by atoms with Crippen LogP contribution in [0.15, 0.2) is 18.2 Å². The topological polar surface area (TPSA) is 81.2 Å². The van der Waals surface area contributed by atoms with Gasteiger partial charge in [-0.3, -0.25) is 10.1 Å². The first-order valence-corrected chi connectivity index (χ1v) is 6.20. The lowest BCUT2D eigenvalue weighted by atomic mass is 9.94. The quantitative estimate of drug-likeness (QED) is 0.601. The van der Waals surface area contributed by atoms with Gasteiger partial charge in [0, 0.05) is 18.2 Å². The summed E-state index contributed by atoms with van der Waals surface area (Å²) in [6.07, 6.45) is 1.66. The number of nitrogens with one attached hydrogen (secondary N) is 1. The van der Waals surface area contributed by atoms with E-state index in [-0.39, 0.29) is 16.1 Å². The minimum atomic E-state index is -0.370. The van der Waals surface area contributed by atoms with Gasteiger partial charge in [0.05, 0.1) is 4.92 Å². The molecule has 5 nitrogen and oxygen atoms in total. The van der Waals surface area contributed by atoms with Gasteiger partial charge in [-0.2, -0.15) is 0 Å². The molecular formula is C13H21N3O2. The summed E-state index contributed by atoms with van der Waals surface area (Å²) < 4.78 is 0. The maximum absolute atomic E-state index is 11.0. The van der Waals surface area contributed by atoms with E-state index in [1.165, 1.54) is 6.07 Å². The molecule has 0 aliphatic carbocycles. The molecule has 0 aromatic heterocycles. The molecule has 0 saturated heterocycles. The van der Waals surface area contributed by atoms with Crippen LogP contribution < -0.4 is 11.1 Å². The first-order valence-electron chi connectivity index (χ1n) is 6.20. The van der Waals surface area contributed by atoms with Crippen molar-refractivity contribution >= 4 is 11.4 Å². The second-order valence-corrected chi connectivity index (χ2v) is 4.65. The SMILES string of the molecule is CCC(N)(CC)CNc1c(C)cccc1[N+](=O)[O-]. The van der Waals surface area contributed by atoms with Gasteiger partial charge in [0.2, 0.25) is 0 Å². The molecule has 0 unspecified atom stereocenters. The molecular weight excluding hydrogens is 230 g/mol. The van der Waals surface area contributed by atoms with Gasteiger partial charge < -0.3 is 11.1 Å². The van der Waals surface area contributed by atoms with E-state index in [2.05, 4.69) is 5.32 Å². The van der Waals surface area contributed by atoms with Gasteiger partial charge in [-0.25, -0.2) is 0 Å². The summed E-state index contributed by atoms with van der Waals surface area (Å²) in [6, 6.07) is 5.05. The second-order valence-electron chi connectivity index (χ2n) is 4.65. The lowest BCUT2D eigenvalue weighted by molar-refractivity contribution is -0.384. The van der Waals surface area contributed by atoms with Crippen LogP contribution in [0.25, 0.3) is 0 Å². The molecule has 3 N–H and O–H groups in total. The summed E-state index contributed by atoms with van der Waals surface area (Å²) in [6.45, 7) is 6.44. The number of nitro benzene ring substituents is 1. The van der Waals surface area contributed by atoms with Crippen LogP contribution in [0, 0.1) is 17.0 Å². The zero-order valence-electron chi connectivity index (χ0n) is 11.2. The first-order chi connectivity index (χ1) is 8.43. The van der Waals surface area contributed by atoms with Crippen LogP contribution in [-0.2, 0) is 0 Å². The van der Waals surface area contributed by atoms with E-state index in [9.17, 15) is 10.1 Å². The lowest BCUT2D eigenvalue weighted by Gasteiger charge is -2.27. The highest BCUT2D eigenvalue weighted by molar-refractivity contribution is 5.66. The predicted octanol–water partition coefficient (Wildman–Crippen LogP) is 2.83. The van der Waals surface area contributed by atoms with Crippen molar-refractivity contribution in [3.05, 3.63) is 33.9 Å². The Morgan fingerprint density at radius 3 is 2.50 bits per heavy atom. The van der Waals surface area contributed by atoms with Crippen LogP contribution in [0.4, 0.5) is 11.4 Å². The van der Waals surface area contributed by atoms with Gasteiger partial charge in [0.25, 0.3) is 5.69 Å². The summed E-state index contributed by atoms with van der Waals surface area (Å²) in [5, 5.41) is 14.1. The van der Waals surface area contributed by atoms with Crippen molar-refractivity contribution in [1.29, 1.82) is 0 Å². The number of nitro groups is 1. The van der Waals surface area contributed by atoms with Crippen LogP contribution in [0.3, 0.4) is 0 Å². The van der Waals surface area contributed by atoms with Gasteiger partial charge in [-0.1, -0.05) is 26.0 Å². The van der Waals surface area contributed by atoms with Crippen molar-refractivity contribution < 1.29 is 4.92 Å². The Kier molecular flexibility index (Phi) is 4.67. The molecule has 0 aliphatic rings. The first kappa shape index (κ1) is 14.4. The Morgan fingerprint density at radius 1 is 1.39 bits per heavy atom. The van der Waals surface area contributed by atoms with Gasteiger partial charge in [-0.15, -0.1) is 0 Å². The van der Waals surface area contributed by atoms with E-state index in [0.717, 1.165) is 18.4 Å². The fourth-order valence-corrected chi connectivity index (χ4v) is 1.80. The predicted molar refractivity (Wildman–Crippen MR) is 73.8 cm³/mol. The van der Waals surface area contributed by atoms with E-state index in [0.29, 0.717) is 12.2 Å². The molecule has 0 fully saturated rings. The molecule has 0 aliphatic heterocycles. The Balaban J connectivity index is 2.94. The molecule has 0 heterocycles. The Bertz CT molecular complexity index is 428. The fourth-order valence-electron chi connectivity index (χ4n) is 1.80. The summed E-state index contributed by atoms with van der Waals surface area (Å²) in [4.78, 5) is 10.6. The number of nitrogens with two attached hydrogens (primary N) is 1. The van der Waals surface area contributed by atoms with E-state index in [1.54, 1.807) is 6.07 Å². The number of aryl methyl sites for hydroxylation is 1. The molecule has 0 radical (unpaired) electrons. The monoisotopic (exact) mass is 251 g/mol. The minimum Gasteiger partial charge on any atom is -0.377 e. The van der Waals surface area contributed by atoms with E-state index < -0.39 is 0 Å². The average Bonchev–Trinajstić information content (AvgIpc) is 2.36. The Labute approximate surface area is 108 Å². The maximum atomic E-state index is 11.0. The third kappa shape index (κ3) is 3.20. The van der Waals surface area contributed by atoms with E-state index in [1.807, 2.05) is 26.8 Å². The smallest absolute Gasteiger partial charge is 0.292 e. The zero-order valence-corrected chi connectivity index (χ0v) is 11.2. The van der Waals surface area contributed by atoms with Gasteiger partial charge >= 0.3 is 0 Å². The fraction of sp³-hybridized carbons (Fsp3) is 0.538. The minimum absolute atomic E-state index is 0.101. The number of para-hydroxylation sites is 1. The molecule has 18 heavy (non-hydrogen) atoms. The van der Waals surface area contributed by atoms with Crippen molar-refractivity contribution in [3.8, 4) is 0 Å². The number of anilines is 1. The van der Waals surface area contributed by atoms with Crippen molar-refractivity contribution in [1.82, 2.24) is 0 Å². The molecule has 0 bridgehead atoms. The number of benzene rings is 1. The van der Waals surface area contributed by atoms with Crippen molar-refractivity contribution in [2.45, 2.75) is 39.2 Å². The summed E-state index contributed by atoms with van der Waals surface area (Å²) >= 11 is 0. The molecule has 0 amide bonds. The van der Waals surface area contributed by atoms with Crippen LogP contribution in [0.1, 0.15) is 32.3 Å². The summed E-state index contributed by atoms with van der Waals surface area (Å²) in [5.74, 6) is 0. The van der Waals surface area contributed by atoms with Gasteiger partial charge in [0.15, 0.2) is 0 Å². The molecule has 0 spiro atoms. The summed E-state index contributed by atoms with van der Waals surface area (Å²) in [5.41, 5.74) is 7.40. The standard InChI is InChI=1S/C13H21N3O2/c1-4-13(14,5-2)9-15-12-10(3)7-6-8-11(12)16(17)18/h6-8,15H,4-5,9,14H2,1-3H3. The molecule has 1 rings (SSSR count). The van der Waals surface area contributed by atoms with Crippen LogP contribution >= 0.6 is 0 Å². The molecule has 1 aromatic rings.